The van der Waals surface area contributed by atoms with Gasteiger partial charge in [0.1, 0.15) is 0 Å². The fourth-order valence-electron chi connectivity index (χ4n) is 5.00. The van der Waals surface area contributed by atoms with Gasteiger partial charge >= 0.3 is 0 Å². The van der Waals surface area contributed by atoms with Crippen LogP contribution in [0.3, 0.4) is 0 Å². The van der Waals surface area contributed by atoms with Gasteiger partial charge in [-0.25, -0.2) is 8.42 Å². The molecule has 0 N–H and O–H groups in total. The van der Waals surface area contributed by atoms with E-state index in [0.717, 1.165) is 53.7 Å². The Morgan fingerprint density at radius 3 is 0.889 bits per heavy atom. The second kappa shape index (κ2) is 8.29. The summed E-state index contributed by atoms with van der Waals surface area (Å²) in [5.41, 5.74) is 5.66. The van der Waals surface area contributed by atoms with E-state index in [2.05, 4.69) is 34.1 Å². The van der Waals surface area contributed by atoms with Gasteiger partial charge in [0.2, 0.25) is 0 Å². The Morgan fingerprint density at radius 2 is 0.611 bits per heavy atom. The highest BCUT2D eigenvalue weighted by Gasteiger charge is 2.30. The minimum atomic E-state index is -1.22. The molecule has 174 valence electrons. The molecule has 5 aromatic carbocycles. The van der Waals surface area contributed by atoms with Crippen LogP contribution < -0.4 is 9.80 Å². The summed E-state index contributed by atoms with van der Waals surface area (Å²) in [6.45, 7) is 0. The summed E-state index contributed by atoms with van der Waals surface area (Å²) in [7, 11) is -2.45. The van der Waals surface area contributed by atoms with E-state index in [1.165, 1.54) is 0 Å². The lowest BCUT2D eigenvalue weighted by Crippen LogP contribution is -2.20. The monoisotopic (exact) mass is 504 g/mol. The van der Waals surface area contributed by atoms with Crippen LogP contribution in [0.4, 0.5) is 34.1 Å². The van der Waals surface area contributed by atoms with Crippen LogP contribution in [0.15, 0.2) is 141 Å². The number of fused-ring (bicyclic) bond motifs is 4. The molecule has 4 nitrogen and oxygen atoms in total. The van der Waals surface area contributed by atoms with Crippen molar-refractivity contribution in [3.63, 3.8) is 0 Å². The van der Waals surface area contributed by atoms with Crippen LogP contribution in [0.2, 0.25) is 0 Å². The Kier molecular flexibility index (Phi) is 4.91. The van der Waals surface area contributed by atoms with Gasteiger partial charge in [0.05, 0.1) is 63.9 Å². The van der Waals surface area contributed by atoms with E-state index in [-0.39, 0.29) is 0 Å². The fraction of sp³-hybridized carbons (Fsp3) is 0. The van der Waals surface area contributed by atoms with E-state index in [4.69, 9.17) is 0 Å². The van der Waals surface area contributed by atoms with Crippen molar-refractivity contribution in [3.8, 4) is 0 Å². The molecule has 5 aromatic rings. The first-order valence-corrected chi connectivity index (χ1v) is 13.9. The molecule has 0 radical (unpaired) electrons. The largest absolute Gasteiger partial charge is 0.308 e. The Hall–Kier alpha value is -4.00. The van der Waals surface area contributed by atoms with E-state index < -0.39 is 21.6 Å². The molecule has 0 amide bonds. The van der Waals surface area contributed by atoms with Crippen LogP contribution in [-0.2, 0) is 21.6 Å². The van der Waals surface area contributed by atoms with Gasteiger partial charge in [0.15, 0.2) is 0 Å². The van der Waals surface area contributed by atoms with Crippen LogP contribution >= 0.6 is 0 Å². The zero-order chi connectivity index (χ0) is 24.2. The van der Waals surface area contributed by atoms with Crippen molar-refractivity contribution in [2.45, 2.75) is 19.6 Å². The van der Waals surface area contributed by atoms with Crippen molar-refractivity contribution < 1.29 is 8.42 Å². The Morgan fingerprint density at radius 1 is 0.361 bits per heavy atom. The smallest absolute Gasteiger partial charge is 0.0892 e. The minimum Gasteiger partial charge on any atom is -0.308 e. The van der Waals surface area contributed by atoms with Gasteiger partial charge in [-0.1, -0.05) is 48.5 Å². The predicted molar refractivity (Wildman–Crippen MR) is 145 cm³/mol. The first kappa shape index (κ1) is 21.3. The number of rotatable bonds is 2. The highest BCUT2D eigenvalue weighted by atomic mass is 32.2. The van der Waals surface area contributed by atoms with E-state index >= 15 is 0 Å². The number of nitrogens with zero attached hydrogens (tertiary/aromatic N) is 2. The molecule has 0 unspecified atom stereocenters. The molecule has 2 aliphatic rings. The summed E-state index contributed by atoms with van der Waals surface area (Å²) in [6.07, 6.45) is 0. The lowest BCUT2D eigenvalue weighted by molar-refractivity contribution is 0.681. The summed E-state index contributed by atoms with van der Waals surface area (Å²) in [4.78, 5) is 7.57. The second-order valence-electron chi connectivity index (χ2n) is 8.60. The zero-order valence-corrected chi connectivity index (χ0v) is 20.7. The maximum Gasteiger partial charge on any atom is 0.0892 e. The molecule has 0 bridgehead atoms. The number of benzene rings is 5. The molecule has 0 atom stereocenters. The molecule has 6 heteroatoms. The molecule has 36 heavy (non-hydrogen) atoms. The lowest BCUT2D eigenvalue weighted by atomic mass is 10.1. The fourth-order valence-corrected chi connectivity index (χ4v) is 7.68. The van der Waals surface area contributed by atoms with Gasteiger partial charge in [-0.05, 0) is 72.8 Å². The normalized spacial score (nSPS) is 14.6. The third kappa shape index (κ3) is 3.11. The lowest BCUT2D eigenvalue weighted by Gasteiger charge is -2.34. The summed E-state index contributed by atoms with van der Waals surface area (Å²) in [5, 5.41) is 0. The Balaban J connectivity index is 1.37. The topological polar surface area (TPSA) is 40.6 Å². The first-order chi connectivity index (χ1) is 17.7. The molecular formula is C30H20N2O2S2. The van der Waals surface area contributed by atoms with Gasteiger partial charge < -0.3 is 9.80 Å². The summed E-state index contributed by atoms with van der Waals surface area (Å²) in [5.74, 6) is 0. The average molecular weight is 505 g/mol. The molecule has 2 aliphatic heterocycles. The van der Waals surface area contributed by atoms with Crippen molar-refractivity contribution in [2.75, 3.05) is 9.80 Å². The average Bonchev–Trinajstić information content (AvgIpc) is 2.94. The Labute approximate surface area is 214 Å². The van der Waals surface area contributed by atoms with E-state index in [0.29, 0.717) is 0 Å². The highest BCUT2D eigenvalue weighted by molar-refractivity contribution is 7.85. The maximum absolute atomic E-state index is 13.3. The molecule has 0 aliphatic carbocycles. The number of hydrogen-bond acceptors (Lipinski definition) is 4. The first-order valence-electron chi connectivity index (χ1n) is 11.6. The molecule has 0 aromatic heterocycles. The van der Waals surface area contributed by atoms with Crippen LogP contribution in [0.5, 0.6) is 0 Å². The molecule has 0 fully saturated rings. The van der Waals surface area contributed by atoms with E-state index in [1.807, 2.05) is 97.1 Å². The third-order valence-corrected chi connectivity index (χ3v) is 9.57. The standard InChI is InChI=1S/C30H20N2O2S2/c33-35-27-13-5-1-9-23(27)31(24-10-2-6-14-28(24)35)21-17-19-22(20-18-21)32-25-11-3-7-15-29(25)36(34)30-16-8-4-12-26(30)32/h1-20H. The van der Waals surface area contributed by atoms with Crippen molar-refractivity contribution >= 4 is 55.7 Å². The second-order valence-corrected chi connectivity index (χ2v) is 11.4. The molecule has 7 rings (SSSR count). The van der Waals surface area contributed by atoms with Crippen molar-refractivity contribution in [2.24, 2.45) is 0 Å². The van der Waals surface area contributed by atoms with Crippen molar-refractivity contribution in [1.82, 2.24) is 0 Å². The van der Waals surface area contributed by atoms with Gasteiger partial charge in [-0.2, -0.15) is 0 Å². The summed E-state index contributed by atoms with van der Waals surface area (Å²) >= 11 is 0. The van der Waals surface area contributed by atoms with Crippen LogP contribution in [0.1, 0.15) is 0 Å². The number of anilines is 6. The van der Waals surface area contributed by atoms with Crippen molar-refractivity contribution in [3.05, 3.63) is 121 Å². The predicted octanol–water partition coefficient (Wildman–Crippen LogP) is 7.59. The molecule has 0 saturated carbocycles. The van der Waals surface area contributed by atoms with E-state index in [1.54, 1.807) is 0 Å². The molecule has 2 heterocycles. The van der Waals surface area contributed by atoms with Crippen molar-refractivity contribution in [1.29, 1.82) is 0 Å². The van der Waals surface area contributed by atoms with Crippen LogP contribution in [-0.4, -0.2) is 8.42 Å². The maximum atomic E-state index is 13.3. The number of para-hydroxylation sites is 4. The summed E-state index contributed by atoms with van der Waals surface area (Å²) < 4.78 is 26.5. The zero-order valence-electron chi connectivity index (χ0n) is 19.1. The molecular weight excluding hydrogens is 484 g/mol. The quantitative estimate of drug-likeness (QED) is 0.243. The highest BCUT2D eigenvalue weighted by Crippen LogP contribution is 2.49. The third-order valence-electron chi connectivity index (χ3n) is 6.59. The van der Waals surface area contributed by atoms with Gasteiger partial charge in [-0.3, -0.25) is 0 Å². The molecule has 0 saturated heterocycles. The Bertz CT molecular complexity index is 1470. The SMILES string of the molecule is O=S1c2ccccc2N(c2ccc(N3c4ccccc4S(=O)c4ccccc43)cc2)c2ccccc21. The molecule has 0 spiro atoms. The van der Waals surface area contributed by atoms with Gasteiger partial charge in [0.25, 0.3) is 0 Å². The van der Waals surface area contributed by atoms with E-state index in [9.17, 15) is 8.42 Å². The van der Waals surface area contributed by atoms with Crippen LogP contribution in [0, 0.1) is 0 Å². The summed E-state index contributed by atoms with van der Waals surface area (Å²) in [6, 6.07) is 39.8. The number of hydrogen-bond donors (Lipinski definition) is 0. The van der Waals surface area contributed by atoms with Crippen LogP contribution in [0.25, 0.3) is 0 Å². The van der Waals surface area contributed by atoms with Gasteiger partial charge in [-0.15, -0.1) is 0 Å². The van der Waals surface area contributed by atoms with Gasteiger partial charge in [0, 0.05) is 11.4 Å². The minimum absolute atomic E-state index is 0.807.